The molecule has 24 rings (SSSR count). The maximum atomic E-state index is 12.6. The van der Waals surface area contributed by atoms with E-state index in [4.69, 9.17) is 72.5 Å². The van der Waals surface area contributed by atoms with Gasteiger partial charge in [-0.3, -0.25) is 43.2 Å². The van der Waals surface area contributed by atoms with Crippen molar-refractivity contribution in [3.63, 3.8) is 0 Å². The van der Waals surface area contributed by atoms with Crippen molar-refractivity contribution in [1.82, 2.24) is 0 Å². The Bertz CT molecular complexity index is 4740. The van der Waals surface area contributed by atoms with E-state index in [0.717, 1.165) is 187 Å². The fourth-order valence-electron chi connectivity index (χ4n) is 32.6. The predicted octanol–water partition coefficient (Wildman–Crippen LogP) is 19.6. The van der Waals surface area contributed by atoms with Crippen molar-refractivity contribution in [2.45, 2.75) is 261 Å². The van der Waals surface area contributed by atoms with E-state index < -0.39 is 11.9 Å². The second-order valence-electron chi connectivity index (χ2n) is 50.1. The first-order valence-electron chi connectivity index (χ1n) is 57.7. The van der Waals surface area contributed by atoms with Crippen molar-refractivity contribution in [1.29, 1.82) is 0 Å². The third kappa shape index (κ3) is 26.3. The molecule has 39 unspecified atom stereocenters. The molecule has 5 N–H and O–H groups in total. The van der Waals surface area contributed by atoms with Crippen LogP contribution in [0.2, 0.25) is 0 Å². The van der Waals surface area contributed by atoms with Gasteiger partial charge in [-0.1, -0.05) is 170 Å². The lowest BCUT2D eigenvalue weighted by molar-refractivity contribution is -0.163. The summed E-state index contributed by atoms with van der Waals surface area (Å²) in [6, 6.07) is 0. The molecule has 0 aromatic rings. The standard InChI is InChI=1S/C21H36O4.C18H26O2.C15H20O3.C14H22O4.C13H16O2.C12H18O2.C11H16O3.C10H14O3.C8H10O2/c1-3-5-6-17(4-2)9-10-23-11-12-24-13-14-25-21(22)20-16-18-7-8-19(20)15-18;1-17(2)13-6-7-18(17,3)15(10-13)20-16(19)14-9-11-4-5-12(14)8-11;16-3-4-18-15(17)12-7-10-6-11(12)14-9-2-1-8(5-9)13(10)14;1-2-16-5-6-17-7-8-18-14(15)13-10-11-3-4-12(13)9-11;14-13(15)10-5-8-4-9(10)12-7-2-1-6(3-7)11(8)12;1-12(2,3)14-11(13)10-7-8-4-5-9(10)6-8;1-11(10(13)14-5-4-12)7-8-2-3-9(11)6-8;11-3-4-13-10(12)9-6-7-1-2-8(9)5-7;9-8(10)7-4-5-1-2-6(7)3-5/h7-8,17-20H,3-6,9-16H2,1-2H3;4-5,11-15H,6-10H2,1-3H3;1-2,8-14,16H,3-7H2;3-4,11-13H,2,5-10H2,1H3;1-2,6-12H,3-5H2,(H,14,15);4-5,8-10H,6-7H2,1-3H3;2-3,8-9,12H,4-7H2,1H3;1-2,7-9,11H,3-6H2;1-2,5-7H,3-4H2,(H,9,10). The first-order valence-corrected chi connectivity index (χ1v) is 57.7. The summed E-state index contributed by atoms with van der Waals surface area (Å²) in [4.78, 5) is 105. The molecule has 0 spiro atoms. The van der Waals surface area contributed by atoms with Crippen molar-refractivity contribution < 1.29 is 121 Å². The second kappa shape index (κ2) is 50.7. The first kappa shape index (κ1) is 112. The average molecular weight is 2040 g/mol. The summed E-state index contributed by atoms with van der Waals surface area (Å²) in [5, 5.41) is 43.7. The number of rotatable bonds is 36. The maximum absolute atomic E-state index is 12.6. The molecule has 0 amide bonds. The Balaban J connectivity index is 0.000000119. The van der Waals surface area contributed by atoms with Crippen molar-refractivity contribution in [3.05, 3.63) is 109 Å². The molecule has 0 saturated heterocycles. The van der Waals surface area contributed by atoms with E-state index in [0.29, 0.717) is 160 Å². The number of ether oxygens (including phenoxy) is 11. The van der Waals surface area contributed by atoms with Crippen LogP contribution in [0.1, 0.15) is 249 Å². The van der Waals surface area contributed by atoms with Gasteiger partial charge in [0.15, 0.2) is 0 Å². The molecule has 25 heteroatoms. The van der Waals surface area contributed by atoms with Crippen molar-refractivity contribution in [3.8, 4) is 0 Å². The Hall–Kier alpha value is -7.39. The van der Waals surface area contributed by atoms with Gasteiger partial charge in [0.1, 0.15) is 44.7 Å². The van der Waals surface area contributed by atoms with Crippen LogP contribution in [0.15, 0.2) is 109 Å². The molecule has 25 nitrogen and oxygen atoms in total. The number of hydrogen-bond donors (Lipinski definition) is 5. The van der Waals surface area contributed by atoms with E-state index in [1.165, 1.54) is 70.6 Å². The zero-order valence-electron chi connectivity index (χ0n) is 89.8. The number of carboxylic acid groups (broad SMARTS) is 2. The summed E-state index contributed by atoms with van der Waals surface area (Å²) in [7, 11) is 0. The maximum Gasteiger partial charge on any atom is 0.312 e. The highest BCUT2D eigenvalue weighted by Gasteiger charge is 2.66. The highest BCUT2D eigenvalue weighted by molar-refractivity contribution is 5.79. The molecule has 0 aromatic carbocycles. The minimum atomic E-state index is -0.614. The average Bonchev–Trinajstić information content (AvgIpc) is 1.54. The number of unbranched alkanes of at least 4 members (excludes halogenated alkanes) is 1. The fraction of sp³-hybridized carbons (Fsp3) is 0.779. The summed E-state index contributed by atoms with van der Waals surface area (Å²) >= 11 is 0. The van der Waals surface area contributed by atoms with Gasteiger partial charge in [0, 0.05) is 18.6 Å². The summed E-state index contributed by atoms with van der Waals surface area (Å²) < 4.78 is 58.7. The van der Waals surface area contributed by atoms with Crippen LogP contribution >= 0.6 is 0 Å². The molecule has 0 aliphatic heterocycles. The van der Waals surface area contributed by atoms with E-state index in [-0.39, 0.29) is 151 Å². The van der Waals surface area contributed by atoms with Gasteiger partial charge in [0.2, 0.25) is 0 Å². The summed E-state index contributed by atoms with van der Waals surface area (Å²) in [6.07, 6.45) is 71.9. The van der Waals surface area contributed by atoms with Crippen LogP contribution in [0.25, 0.3) is 0 Å². The number of fused-ring (bicyclic) bond motifs is 34. The minimum Gasteiger partial charge on any atom is -0.481 e. The lowest BCUT2D eigenvalue weighted by Crippen LogP contribution is -2.39. The fourth-order valence-corrected chi connectivity index (χ4v) is 32.6. The quantitative estimate of drug-likeness (QED) is 0.0128. The molecular formula is C122H178O25. The third-order valence-corrected chi connectivity index (χ3v) is 40.3. The van der Waals surface area contributed by atoms with Gasteiger partial charge in [-0.25, -0.2) is 0 Å². The van der Waals surface area contributed by atoms with Crippen LogP contribution in [-0.4, -0.2) is 197 Å². The minimum absolute atomic E-state index is 0.00523. The van der Waals surface area contributed by atoms with Gasteiger partial charge in [0.05, 0.1) is 112 Å². The lowest BCUT2D eigenvalue weighted by Gasteiger charge is -2.39. The molecule has 0 heterocycles. The normalized spacial score (nSPS) is 40.1. The number of esters is 7. The molecule has 0 radical (unpaired) electrons. The molecule has 24 bridgehead atoms. The first-order chi connectivity index (χ1) is 70.7. The Labute approximate surface area is 874 Å². The summed E-state index contributed by atoms with van der Waals surface area (Å²) in [5.74, 6) is 16.5. The van der Waals surface area contributed by atoms with E-state index in [1.54, 1.807) is 0 Å². The van der Waals surface area contributed by atoms with Gasteiger partial charge >= 0.3 is 53.7 Å². The SMILES string of the molecule is CC(C)(C)OC(=O)C1CC2C=CC1C2.CC1(C(=O)OCCO)CC2C=CC1C2.CC1(C)C2CCC1(C)C(OC(=O)C1CC3C=CC1C3)C2.CCCCC(CC)CCOCCOCCOC(=O)C1CC2C=CC1C2.CCOCCOCCOC(=O)C1CC2C=CC1C2.O=C(O)C1CC2C=CC1C2.O=C(O)C1CC2CC1C1C3C=CC(C3)C21.O=C(OCCO)C1CC2C=CC1C2.O=C(OCCO)C1CC2CC1C1C3C=CC(C3)C21. The molecule has 816 valence electrons. The van der Waals surface area contributed by atoms with E-state index in [2.05, 4.69) is 144 Å². The topological polar surface area (TPSA) is 356 Å². The molecule has 24 aliphatic rings. The van der Waals surface area contributed by atoms with E-state index in [1.807, 2.05) is 34.6 Å². The number of allylic oxidation sites excluding steroid dienone is 18. The number of aliphatic hydroxyl groups is 3. The van der Waals surface area contributed by atoms with Crippen LogP contribution in [0.3, 0.4) is 0 Å². The highest BCUT2D eigenvalue weighted by atomic mass is 16.6. The molecule has 15 fully saturated rings. The van der Waals surface area contributed by atoms with Crippen LogP contribution in [-0.2, 0) is 95.3 Å². The molecule has 24 aliphatic carbocycles. The van der Waals surface area contributed by atoms with Gasteiger partial charge < -0.3 is 77.6 Å². The zero-order chi connectivity index (χ0) is 104. The number of aliphatic carboxylic acids is 2. The third-order valence-electron chi connectivity index (χ3n) is 40.3. The van der Waals surface area contributed by atoms with Gasteiger partial charge in [-0.15, -0.1) is 0 Å². The number of carboxylic acids is 2. The van der Waals surface area contributed by atoms with Crippen LogP contribution < -0.4 is 0 Å². The van der Waals surface area contributed by atoms with Crippen molar-refractivity contribution in [2.75, 3.05) is 106 Å². The van der Waals surface area contributed by atoms with Crippen molar-refractivity contribution >= 4 is 53.7 Å². The smallest absolute Gasteiger partial charge is 0.312 e. The number of carbonyl (C=O) groups excluding carboxylic acids is 7. The summed E-state index contributed by atoms with van der Waals surface area (Å²) in [6.45, 7) is 27.0. The van der Waals surface area contributed by atoms with Gasteiger partial charge in [-0.2, -0.15) is 0 Å². The number of hydrogen-bond acceptors (Lipinski definition) is 23. The number of aliphatic hydroxyl groups excluding tert-OH is 3. The predicted molar refractivity (Wildman–Crippen MR) is 555 cm³/mol. The van der Waals surface area contributed by atoms with Crippen LogP contribution in [0, 0.1) is 229 Å². The Kier molecular flexibility index (Phi) is 38.7. The summed E-state index contributed by atoms with van der Waals surface area (Å²) in [5.41, 5.74) is -0.162. The second-order valence-corrected chi connectivity index (χ2v) is 50.1. The lowest BCUT2D eigenvalue weighted by atomic mass is 9.69. The molecular weight excluding hydrogens is 1870 g/mol. The van der Waals surface area contributed by atoms with Gasteiger partial charge in [0.25, 0.3) is 0 Å². The number of carbonyl (C=O) groups is 9. The van der Waals surface area contributed by atoms with E-state index >= 15 is 0 Å². The zero-order valence-corrected chi connectivity index (χ0v) is 89.8. The largest absolute Gasteiger partial charge is 0.481 e. The molecule has 0 aromatic heterocycles. The Morgan fingerprint density at radius 3 is 1.08 bits per heavy atom. The molecule has 147 heavy (non-hydrogen) atoms. The van der Waals surface area contributed by atoms with Crippen LogP contribution in [0.5, 0.6) is 0 Å². The highest BCUT2D eigenvalue weighted by Crippen LogP contribution is 2.70. The monoisotopic (exact) mass is 2040 g/mol. The molecule has 39 atom stereocenters. The Morgan fingerprint density at radius 2 is 0.721 bits per heavy atom. The van der Waals surface area contributed by atoms with E-state index in [9.17, 15) is 48.3 Å². The molecule has 15 saturated carbocycles. The van der Waals surface area contributed by atoms with Gasteiger partial charge in [-0.05, 0) is 360 Å². The Morgan fingerprint density at radius 1 is 0.347 bits per heavy atom. The van der Waals surface area contributed by atoms with Crippen molar-refractivity contribution in [2.24, 2.45) is 229 Å². The van der Waals surface area contributed by atoms with Crippen LogP contribution in [0.4, 0.5) is 0 Å².